The minimum Gasteiger partial charge on any atom is -0.323 e. The summed E-state index contributed by atoms with van der Waals surface area (Å²) in [6.07, 6.45) is 1.87. The maximum Gasteiger partial charge on any atom is 0.0568 e. The molecule has 1 aromatic carbocycles. The number of aromatic nitrogens is 1. The van der Waals surface area contributed by atoms with E-state index in [0.717, 1.165) is 11.3 Å². The van der Waals surface area contributed by atoms with E-state index >= 15 is 0 Å². The first-order chi connectivity index (χ1) is 7.27. The van der Waals surface area contributed by atoms with Crippen LogP contribution in [-0.4, -0.2) is 4.98 Å². The molecular weight excluding hydrogens is 255 g/mol. The summed E-state index contributed by atoms with van der Waals surface area (Å²) in [5.41, 5.74) is 8.97. The van der Waals surface area contributed by atoms with E-state index in [9.17, 15) is 0 Å². The zero-order valence-corrected chi connectivity index (χ0v) is 11.2. The fraction of sp³-hybridized carbons (Fsp3) is 0.154. The van der Waals surface area contributed by atoms with Crippen LogP contribution in [0.2, 0.25) is 0 Å². The van der Waals surface area contributed by atoms with Crippen molar-refractivity contribution < 1.29 is 0 Å². The molecular formula is C13H16Cl2N2. The largest absolute Gasteiger partial charge is 0.323 e. The van der Waals surface area contributed by atoms with Gasteiger partial charge in [0.2, 0.25) is 0 Å². The van der Waals surface area contributed by atoms with Gasteiger partial charge in [0.15, 0.2) is 0 Å². The smallest absolute Gasteiger partial charge is 0.0568 e. The first-order valence-electron chi connectivity index (χ1n) is 5.04. The highest BCUT2D eigenvalue weighted by Crippen LogP contribution is 2.18. The topological polar surface area (TPSA) is 38.9 Å². The minimum atomic E-state index is -0.00479. The van der Waals surface area contributed by atoms with Crippen molar-refractivity contribution in [1.29, 1.82) is 0 Å². The SMILES string of the molecule is CC(N)c1ccc(-c2ccccc2)cn1.Cl.Cl. The Kier molecular flexibility index (Phi) is 6.81. The van der Waals surface area contributed by atoms with E-state index < -0.39 is 0 Å². The van der Waals surface area contributed by atoms with Gasteiger partial charge in [-0.05, 0) is 18.6 Å². The fourth-order valence-corrected chi connectivity index (χ4v) is 1.48. The first kappa shape index (κ1) is 15.9. The van der Waals surface area contributed by atoms with Gasteiger partial charge in [-0.1, -0.05) is 36.4 Å². The molecule has 0 amide bonds. The number of nitrogens with zero attached hydrogens (tertiary/aromatic N) is 1. The molecule has 0 saturated carbocycles. The maximum atomic E-state index is 5.74. The summed E-state index contributed by atoms with van der Waals surface area (Å²) in [5, 5.41) is 0. The van der Waals surface area contributed by atoms with Gasteiger partial charge in [-0.25, -0.2) is 0 Å². The van der Waals surface area contributed by atoms with Gasteiger partial charge in [0.25, 0.3) is 0 Å². The van der Waals surface area contributed by atoms with Gasteiger partial charge in [0, 0.05) is 17.8 Å². The van der Waals surface area contributed by atoms with Crippen LogP contribution in [0.1, 0.15) is 18.7 Å². The Labute approximate surface area is 114 Å². The normalized spacial score (nSPS) is 10.9. The van der Waals surface area contributed by atoms with Crippen LogP contribution in [0.4, 0.5) is 0 Å². The van der Waals surface area contributed by atoms with Crippen LogP contribution in [0.3, 0.4) is 0 Å². The molecule has 0 fully saturated rings. The number of hydrogen-bond acceptors (Lipinski definition) is 2. The van der Waals surface area contributed by atoms with Crippen molar-refractivity contribution in [1.82, 2.24) is 4.98 Å². The molecule has 2 N–H and O–H groups in total. The van der Waals surface area contributed by atoms with E-state index in [-0.39, 0.29) is 30.9 Å². The number of pyridine rings is 1. The molecule has 0 aliphatic carbocycles. The van der Waals surface area contributed by atoms with Gasteiger partial charge in [-0.2, -0.15) is 0 Å². The Balaban J connectivity index is 0.00000128. The first-order valence-corrected chi connectivity index (χ1v) is 5.04. The van der Waals surface area contributed by atoms with E-state index in [1.54, 1.807) is 0 Å². The Bertz CT molecular complexity index is 427. The van der Waals surface area contributed by atoms with Crippen LogP contribution in [-0.2, 0) is 0 Å². The predicted molar refractivity (Wildman–Crippen MR) is 76.8 cm³/mol. The molecule has 1 aromatic heterocycles. The van der Waals surface area contributed by atoms with Crippen molar-refractivity contribution in [2.75, 3.05) is 0 Å². The Morgan fingerprint density at radius 3 is 2.06 bits per heavy atom. The molecule has 4 heteroatoms. The Hall–Kier alpha value is -1.09. The van der Waals surface area contributed by atoms with E-state index in [1.165, 1.54) is 5.56 Å². The van der Waals surface area contributed by atoms with Gasteiger partial charge in [-0.15, -0.1) is 24.8 Å². The Morgan fingerprint density at radius 1 is 0.941 bits per heavy atom. The van der Waals surface area contributed by atoms with Crippen molar-refractivity contribution >= 4 is 24.8 Å². The average Bonchev–Trinajstić information content (AvgIpc) is 2.30. The highest BCUT2D eigenvalue weighted by molar-refractivity contribution is 5.85. The summed E-state index contributed by atoms with van der Waals surface area (Å²) in [5.74, 6) is 0. The molecule has 2 aromatic rings. The third kappa shape index (κ3) is 4.00. The number of benzene rings is 1. The van der Waals surface area contributed by atoms with Crippen LogP contribution >= 0.6 is 24.8 Å². The minimum absolute atomic E-state index is 0. The molecule has 2 nitrogen and oxygen atoms in total. The van der Waals surface area contributed by atoms with Crippen molar-refractivity contribution in [2.45, 2.75) is 13.0 Å². The molecule has 17 heavy (non-hydrogen) atoms. The maximum absolute atomic E-state index is 5.74. The predicted octanol–water partition coefficient (Wildman–Crippen LogP) is 3.61. The molecule has 0 spiro atoms. The van der Waals surface area contributed by atoms with Crippen LogP contribution < -0.4 is 5.73 Å². The number of nitrogens with two attached hydrogens (primary N) is 1. The van der Waals surface area contributed by atoms with Crippen molar-refractivity contribution in [3.63, 3.8) is 0 Å². The van der Waals surface area contributed by atoms with Gasteiger partial charge in [0.05, 0.1) is 5.69 Å². The highest BCUT2D eigenvalue weighted by Gasteiger charge is 2.01. The van der Waals surface area contributed by atoms with Crippen LogP contribution in [0.15, 0.2) is 48.7 Å². The molecule has 1 heterocycles. The zero-order valence-electron chi connectivity index (χ0n) is 9.54. The van der Waals surface area contributed by atoms with E-state index in [4.69, 9.17) is 5.73 Å². The summed E-state index contributed by atoms with van der Waals surface area (Å²) in [6, 6.07) is 14.2. The number of rotatable bonds is 2. The summed E-state index contributed by atoms with van der Waals surface area (Å²) in [7, 11) is 0. The van der Waals surface area contributed by atoms with Gasteiger partial charge < -0.3 is 5.73 Å². The lowest BCUT2D eigenvalue weighted by Gasteiger charge is -2.05. The second kappa shape index (κ2) is 7.28. The van der Waals surface area contributed by atoms with Crippen molar-refractivity contribution in [3.8, 4) is 11.1 Å². The molecule has 0 aliphatic rings. The summed E-state index contributed by atoms with van der Waals surface area (Å²) < 4.78 is 0. The van der Waals surface area contributed by atoms with Crippen LogP contribution in [0, 0.1) is 0 Å². The lowest BCUT2D eigenvalue weighted by Crippen LogP contribution is -2.06. The van der Waals surface area contributed by atoms with E-state index in [2.05, 4.69) is 23.2 Å². The average molecular weight is 271 g/mol. The monoisotopic (exact) mass is 270 g/mol. The second-order valence-corrected chi connectivity index (χ2v) is 3.63. The third-order valence-corrected chi connectivity index (χ3v) is 2.36. The molecule has 0 saturated heterocycles. The standard InChI is InChI=1S/C13H14N2.2ClH/c1-10(14)13-8-7-12(9-15-13)11-5-3-2-4-6-11;;/h2-10H,14H2,1H3;2*1H. The van der Waals surface area contributed by atoms with Crippen LogP contribution in [0.25, 0.3) is 11.1 Å². The quantitative estimate of drug-likeness (QED) is 0.906. The summed E-state index contributed by atoms with van der Waals surface area (Å²) in [6.45, 7) is 1.94. The van der Waals surface area contributed by atoms with Gasteiger partial charge in [-0.3, -0.25) is 4.98 Å². The molecule has 0 radical (unpaired) electrons. The van der Waals surface area contributed by atoms with Gasteiger partial charge >= 0.3 is 0 Å². The lowest BCUT2D eigenvalue weighted by atomic mass is 10.1. The molecule has 0 bridgehead atoms. The molecule has 0 aliphatic heterocycles. The van der Waals surface area contributed by atoms with E-state index in [0.29, 0.717) is 0 Å². The number of hydrogen-bond donors (Lipinski definition) is 1. The third-order valence-electron chi connectivity index (χ3n) is 2.36. The van der Waals surface area contributed by atoms with E-state index in [1.807, 2.05) is 37.4 Å². The molecule has 1 unspecified atom stereocenters. The fourth-order valence-electron chi connectivity index (χ4n) is 1.48. The molecule has 1 atom stereocenters. The Morgan fingerprint density at radius 2 is 1.59 bits per heavy atom. The highest BCUT2D eigenvalue weighted by atomic mass is 35.5. The van der Waals surface area contributed by atoms with Crippen molar-refractivity contribution in [2.24, 2.45) is 5.73 Å². The lowest BCUT2D eigenvalue weighted by molar-refractivity contribution is 0.781. The summed E-state index contributed by atoms with van der Waals surface area (Å²) >= 11 is 0. The molecule has 92 valence electrons. The van der Waals surface area contributed by atoms with Crippen LogP contribution in [0.5, 0.6) is 0 Å². The molecule has 2 rings (SSSR count). The van der Waals surface area contributed by atoms with Gasteiger partial charge in [0.1, 0.15) is 0 Å². The second-order valence-electron chi connectivity index (χ2n) is 3.63. The van der Waals surface area contributed by atoms with Crippen molar-refractivity contribution in [3.05, 3.63) is 54.4 Å². The number of halogens is 2. The zero-order chi connectivity index (χ0) is 10.7. The summed E-state index contributed by atoms with van der Waals surface area (Å²) in [4.78, 5) is 4.33.